The Labute approximate surface area is 182 Å². The first-order valence-electron chi connectivity index (χ1n) is 10.4. The molecule has 0 saturated heterocycles. The molecule has 3 amide bonds. The maximum absolute atomic E-state index is 13.3. The summed E-state index contributed by atoms with van der Waals surface area (Å²) >= 11 is 0. The van der Waals surface area contributed by atoms with Crippen molar-refractivity contribution in [2.24, 2.45) is 5.92 Å². The first kappa shape index (κ1) is 22.6. The topological polar surface area (TPSA) is 103 Å². The highest BCUT2D eigenvalue weighted by atomic mass is 16.5. The van der Waals surface area contributed by atoms with E-state index in [4.69, 9.17) is 4.74 Å². The number of rotatable bonds is 6. The van der Waals surface area contributed by atoms with E-state index in [9.17, 15) is 14.7 Å². The van der Waals surface area contributed by atoms with Crippen LogP contribution in [0.5, 0.6) is 5.75 Å². The summed E-state index contributed by atoms with van der Waals surface area (Å²) in [5.41, 5.74) is 1.49. The molecule has 0 aromatic heterocycles. The van der Waals surface area contributed by atoms with Crippen molar-refractivity contribution in [3.8, 4) is 5.75 Å². The molecule has 0 bridgehead atoms. The van der Waals surface area contributed by atoms with E-state index in [1.165, 1.54) is 0 Å². The van der Waals surface area contributed by atoms with Gasteiger partial charge in [0.15, 0.2) is 0 Å². The summed E-state index contributed by atoms with van der Waals surface area (Å²) < 4.78 is 6.18. The number of hydrogen-bond donors (Lipinski definition) is 4. The zero-order valence-electron chi connectivity index (χ0n) is 18.1. The van der Waals surface area contributed by atoms with Crippen LogP contribution in [0.4, 0.5) is 16.2 Å². The number of anilines is 2. The maximum Gasteiger partial charge on any atom is 0.323 e. The van der Waals surface area contributed by atoms with Gasteiger partial charge in [-0.15, -0.1) is 0 Å². The van der Waals surface area contributed by atoms with Crippen LogP contribution in [0.15, 0.2) is 48.5 Å². The summed E-state index contributed by atoms with van der Waals surface area (Å²) in [7, 11) is 1.85. The largest absolute Gasteiger partial charge is 0.488 e. The number of benzene rings is 2. The molecule has 1 aliphatic rings. The Morgan fingerprint density at radius 1 is 1.19 bits per heavy atom. The molecule has 4 N–H and O–H groups in total. The number of carbonyl (C=O) groups excluding carboxylic acids is 2. The van der Waals surface area contributed by atoms with Gasteiger partial charge in [0.05, 0.1) is 18.2 Å². The number of para-hydroxylation sites is 1. The quantitative estimate of drug-likeness (QED) is 0.569. The van der Waals surface area contributed by atoms with Gasteiger partial charge in [-0.05, 0) is 44.3 Å². The van der Waals surface area contributed by atoms with Crippen molar-refractivity contribution in [3.05, 3.63) is 54.1 Å². The van der Waals surface area contributed by atoms with Crippen molar-refractivity contribution in [2.75, 3.05) is 37.4 Å². The fourth-order valence-corrected chi connectivity index (χ4v) is 3.56. The molecule has 3 atom stereocenters. The van der Waals surface area contributed by atoms with Crippen LogP contribution >= 0.6 is 0 Å². The van der Waals surface area contributed by atoms with E-state index < -0.39 is 6.03 Å². The van der Waals surface area contributed by atoms with Crippen molar-refractivity contribution in [1.82, 2.24) is 10.2 Å². The van der Waals surface area contributed by atoms with Crippen LogP contribution < -0.4 is 20.7 Å². The molecule has 0 saturated carbocycles. The second-order valence-corrected chi connectivity index (χ2v) is 7.84. The van der Waals surface area contributed by atoms with E-state index in [2.05, 4.69) is 16.0 Å². The molecule has 1 heterocycles. The van der Waals surface area contributed by atoms with Gasteiger partial charge in [0, 0.05) is 30.4 Å². The number of carbonyl (C=O) groups is 2. The number of aliphatic hydroxyl groups is 1. The van der Waals surface area contributed by atoms with Gasteiger partial charge in [0.2, 0.25) is 0 Å². The van der Waals surface area contributed by atoms with E-state index in [0.29, 0.717) is 35.8 Å². The SMILES string of the molecule is CNC[C@@H]1Oc2ccc(NC(=O)Nc3ccccc3)cc2C(=O)N([C@@H](C)CO)C[C@@H]1C. The molecule has 2 aromatic rings. The van der Waals surface area contributed by atoms with Crippen LogP contribution in [0.3, 0.4) is 0 Å². The lowest BCUT2D eigenvalue weighted by atomic mass is 9.99. The van der Waals surface area contributed by atoms with Gasteiger partial charge in [-0.25, -0.2) is 4.79 Å². The highest BCUT2D eigenvalue weighted by molar-refractivity contribution is 6.02. The van der Waals surface area contributed by atoms with Crippen molar-refractivity contribution in [3.63, 3.8) is 0 Å². The number of nitrogens with zero attached hydrogens (tertiary/aromatic N) is 1. The normalized spacial score (nSPS) is 19.5. The molecular formula is C23H30N4O4. The fraction of sp³-hybridized carbons (Fsp3) is 0.391. The zero-order valence-corrected chi connectivity index (χ0v) is 18.1. The standard InChI is InChI=1S/C23H30N4O4/c1-15-13-27(16(2)14-28)22(29)19-11-18(9-10-20(19)31-21(15)12-24-3)26-23(30)25-17-7-5-4-6-8-17/h4-11,15-16,21,24,28H,12-14H2,1-3H3,(H2,25,26,30)/t15-,16-,21-/m0/s1. The van der Waals surface area contributed by atoms with Gasteiger partial charge in [-0.1, -0.05) is 25.1 Å². The minimum atomic E-state index is -0.410. The number of hydrogen-bond acceptors (Lipinski definition) is 5. The third-order valence-corrected chi connectivity index (χ3v) is 5.36. The maximum atomic E-state index is 13.3. The summed E-state index contributed by atoms with van der Waals surface area (Å²) in [6.07, 6.45) is -0.148. The van der Waals surface area contributed by atoms with Gasteiger partial charge in [0.25, 0.3) is 5.91 Å². The first-order chi connectivity index (χ1) is 14.9. The molecule has 0 unspecified atom stereocenters. The van der Waals surface area contributed by atoms with Crippen molar-refractivity contribution >= 4 is 23.3 Å². The van der Waals surface area contributed by atoms with E-state index in [-0.39, 0.29) is 30.6 Å². The number of likely N-dealkylation sites (N-methyl/N-ethyl adjacent to an activating group) is 1. The predicted octanol–water partition coefficient (Wildman–Crippen LogP) is 2.77. The monoisotopic (exact) mass is 426 g/mol. The number of fused-ring (bicyclic) bond motifs is 1. The average Bonchev–Trinajstić information content (AvgIpc) is 2.76. The lowest BCUT2D eigenvalue weighted by Crippen LogP contribution is -2.49. The van der Waals surface area contributed by atoms with E-state index in [0.717, 1.165) is 0 Å². The lowest BCUT2D eigenvalue weighted by Gasteiger charge is -2.37. The molecule has 0 spiro atoms. The number of nitrogens with one attached hydrogen (secondary N) is 3. The van der Waals surface area contributed by atoms with Crippen molar-refractivity contribution in [1.29, 1.82) is 0 Å². The van der Waals surface area contributed by atoms with Gasteiger partial charge in [-0.3, -0.25) is 4.79 Å². The predicted molar refractivity (Wildman–Crippen MR) is 121 cm³/mol. The summed E-state index contributed by atoms with van der Waals surface area (Å²) in [6, 6.07) is 13.4. The number of aliphatic hydroxyl groups excluding tert-OH is 1. The summed E-state index contributed by atoms with van der Waals surface area (Å²) in [6.45, 7) is 4.79. The first-order valence-corrected chi connectivity index (χ1v) is 10.4. The molecule has 0 fully saturated rings. The van der Waals surface area contributed by atoms with Crippen LogP contribution in [0.1, 0.15) is 24.2 Å². The molecule has 2 aromatic carbocycles. The Morgan fingerprint density at radius 2 is 1.90 bits per heavy atom. The van der Waals surface area contributed by atoms with Gasteiger partial charge < -0.3 is 30.7 Å². The smallest absolute Gasteiger partial charge is 0.323 e. The molecular weight excluding hydrogens is 396 g/mol. The highest BCUT2D eigenvalue weighted by Crippen LogP contribution is 2.30. The number of amides is 3. The van der Waals surface area contributed by atoms with Gasteiger partial charge in [0.1, 0.15) is 11.9 Å². The Balaban J connectivity index is 1.87. The van der Waals surface area contributed by atoms with Crippen LogP contribution in [0.2, 0.25) is 0 Å². The zero-order chi connectivity index (χ0) is 22.4. The lowest BCUT2D eigenvalue weighted by molar-refractivity contribution is 0.0416. The Kier molecular flexibility index (Phi) is 7.49. The van der Waals surface area contributed by atoms with E-state index >= 15 is 0 Å². The third kappa shape index (κ3) is 5.53. The van der Waals surface area contributed by atoms with Crippen molar-refractivity contribution in [2.45, 2.75) is 26.0 Å². The molecule has 8 nitrogen and oxygen atoms in total. The molecule has 0 radical (unpaired) electrons. The summed E-state index contributed by atoms with van der Waals surface area (Å²) in [4.78, 5) is 27.4. The second-order valence-electron chi connectivity index (χ2n) is 7.84. The average molecular weight is 427 g/mol. The van der Waals surface area contributed by atoms with Crippen LogP contribution in [-0.4, -0.2) is 60.8 Å². The fourth-order valence-electron chi connectivity index (χ4n) is 3.56. The van der Waals surface area contributed by atoms with Gasteiger partial charge >= 0.3 is 6.03 Å². The summed E-state index contributed by atoms with van der Waals surface area (Å²) in [5.74, 6) is 0.285. The molecule has 1 aliphatic heterocycles. The Hall–Kier alpha value is -3.10. The van der Waals surface area contributed by atoms with E-state index in [1.54, 1.807) is 35.2 Å². The Morgan fingerprint density at radius 3 is 2.58 bits per heavy atom. The van der Waals surface area contributed by atoms with Crippen molar-refractivity contribution < 1.29 is 19.4 Å². The minimum Gasteiger partial charge on any atom is -0.488 e. The molecule has 31 heavy (non-hydrogen) atoms. The van der Waals surface area contributed by atoms with Crippen LogP contribution in [0, 0.1) is 5.92 Å². The van der Waals surface area contributed by atoms with Crippen LogP contribution in [0.25, 0.3) is 0 Å². The van der Waals surface area contributed by atoms with Gasteiger partial charge in [-0.2, -0.15) is 0 Å². The summed E-state index contributed by atoms with van der Waals surface area (Å²) in [5, 5.41) is 18.3. The highest BCUT2D eigenvalue weighted by Gasteiger charge is 2.32. The Bertz CT molecular complexity index is 906. The third-order valence-electron chi connectivity index (χ3n) is 5.36. The second kappa shape index (κ2) is 10.3. The van der Waals surface area contributed by atoms with Crippen LogP contribution in [-0.2, 0) is 0 Å². The van der Waals surface area contributed by atoms with E-state index in [1.807, 2.05) is 39.1 Å². The molecule has 166 valence electrons. The number of urea groups is 1. The minimum absolute atomic E-state index is 0.0630. The molecule has 0 aliphatic carbocycles. The molecule has 3 rings (SSSR count). The number of ether oxygens (including phenoxy) is 1. The molecule has 8 heteroatoms.